The zero-order valence-corrected chi connectivity index (χ0v) is 9.25. The molecule has 1 aromatic heterocycles. The zero-order chi connectivity index (χ0) is 9.97. The maximum absolute atomic E-state index is 7.23. The number of aromatic nitrogens is 1. The van der Waals surface area contributed by atoms with Crippen LogP contribution in [0.5, 0.6) is 10.9 Å². The number of ether oxygens (including phenoxy) is 1. The third kappa shape index (κ3) is 2.31. The van der Waals surface area contributed by atoms with E-state index in [1.54, 1.807) is 24.3 Å². The lowest BCUT2D eigenvalue weighted by molar-refractivity contribution is 0.477. The van der Waals surface area contributed by atoms with Gasteiger partial charge < -0.3 is 4.74 Å². The van der Waals surface area contributed by atoms with Gasteiger partial charge in [-0.15, -0.1) is 0 Å². The highest BCUT2D eigenvalue weighted by Gasteiger charge is 2.00. The van der Waals surface area contributed by atoms with Gasteiger partial charge in [0, 0.05) is 5.02 Å². The molecule has 0 aliphatic carbocycles. The van der Waals surface area contributed by atoms with Crippen LogP contribution in [0.1, 0.15) is 0 Å². The van der Waals surface area contributed by atoms with Crippen LogP contribution in [0.25, 0.3) is 0 Å². The summed E-state index contributed by atoms with van der Waals surface area (Å²) in [7, 11) is 2.61. The highest BCUT2D eigenvalue weighted by atomic mass is 35.5. The number of hydrogen-bond donors (Lipinski definition) is 1. The summed E-state index contributed by atoms with van der Waals surface area (Å²) in [5.74, 6) is 0.677. The van der Waals surface area contributed by atoms with Gasteiger partial charge in [-0.3, -0.25) is 5.41 Å². The van der Waals surface area contributed by atoms with Gasteiger partial charge in [0.25, 0.3) is 5.19 Å². The van der Waals surface area contributed by atoms with Crippen LogP contribution >= 0.6 is 32.3 Å². The minimum Gasteiger partial charge on any atom is -0.430 e. The molecule has 0 amide bonds. The van der Waals surface area contributed by atoms with Crippen molar-refractivity contribution in [1.29, 1.82) is 5.41 Å². The second kappa shape index (κ2) is 4.08. The van der Waals surface area contributed by atoms with Crippen molar-refractivity contribution in [3.63, 3.8) is 0 Å². The maximum Gasteiger partial charge on any atom is 0.291 e. The Morgan fingerprint density at radius 1 is 1.21 bits per heavy atom. The van der Waals surface area contributed by atoms with Crippen molar-refractivity contribution in [3.05, 3.63) is 34.1 Å². The van der Waals surface area contributed by atoms with Gasteiger partial charge in [0.15, 0.2) is 0 Å². The summed E-state index contributed by atoms with van der Waals surface area (Å²) in [6.45, 7) is 0. The standard InChI is InChI=1S/C8H5ClN2OS2/c9-5-1-3-6(4-2-5)12-8-11-7(10)13-14-8/h1-4,10H. The minimum atomic E-state index is 0.263. The molecule has 0 fully saturated rings. The predicted octanol–water partition coefficient (Wildman–Crippen LogP) is 3.13. The van der Waals surface area contributed by atoms with E-state index in [1.165, 1.54) is 20.7 Å². The SMILES string of the molecule is N=c1nc(Oc2ccc(Cl)cc2)ss1. The normalized spacial score (nSPS) is 10.1. The summed E-state index contributed by atoms with van der Waals surface area (Å²) >= 11 is 5.72. The lowest BCUT2D eigenvalue weighted by Gasteiger charge is -1.99. The molecule has 0 bridgehead atoms. The van der Waals surface area contributed by atoms with Gasteiger partial charge in [0.1, 0.15) is 5.75 Å². The first-order chi connectivity index (χ1) is 6.74. The lowest BCUT2D eigenvalue weighted by atomic mass is 10.3. The van der Waals surface area contributed by atoms with E-state index in [0.29, 0.717) is 16.0 Å². The minimum absolute atomic E-state index is 0.263. The molecule has 0 spiro atoms. The predicted molar refractivity (Wildman–Crippen MR) is 57.4 cm³/mol. The third-order valence-electron chi connectivity index (χ3n) is 1.40. The van der Waals surface area contributed by atoms with E-state index in [0.717, 1.165) is 0 Å². The van der Waals surface area contributed by atoms with E-state index in [1.807, 2.05) is 0 Å². The Bertz CT molecular complexity index is 477. The molecule has 14 heavy (non-hydrogen) atoms. The van der Waals surface area contributed by atoms with Gasteiger partial charge in [-0.2, -0.15) is 4.98 Å². The molecule has 72 valence electrons. The Morgan fingerprint density at radius 3 is 2.50 bits per heavy atom. The number of hydrogen-bond acceptors (Lipinski definition) is 5. The van der Waals surface area contributed by atoms with Crippen LogP contribution in [0.3, 0.4) is 0 Å². The van der Waals surface area contributed by atoms with Crippen LogP contribution in [-0.2, 0) is 0 Å². The van der Waals surface area contributed by atoms with Crippen LogP contribution in [0, 0.1) is 5.41 Å². The van der Waals surface area contributed by atoms with Crippen molar-refractivity contribution in [2.75, 3.05) is 0 Å². The molecule has 0 unspecified atom stereocenters. The average Bonchev–Trinajstić information content (AvgIpc) is 2.56. The molecule has 1 N–H and O–H groups in total. The molecule has 1 aromatic carbocycles. The molecule has 0 saturated heterocycles. The summed E-state index contributed by atoms with van der Waals surface area (Å²) in [5.41, 5.74) is 0. The number of rotatable bonds is 2. The van der Waals surface area contributed by atoms with Crippen molar-refractivity contribution < 1.29 is 4.74 Å². The molecule has 3 nitrogen and oxygen atoms in total. The number of nitrogens with zero attached hydrogens (tertiary/aromatic N) is 1. The molecule has 0 aliphatic rings. The molecule has 0 aliphatic heterocycles. The summed E-state index contributed by atoms with van der Waals surface area (Å²) in [5, 5.41) is 8.39. The Hall–Kier alpha value is -0.910. The van der Waals surface area contributed by atoms with Crippen molar-refractivity contribution >= 4 is 32.3 Å². The van der Waals surface area contributed by atoms with E-state index in [2.05, 4.69) is 4.98 Å². The molecule has 2 rings (SSSR count). The Morgan fingerprint density at radius 2 is 1.93 bits per heavy atom. The smallest absolute Gasteiger partial charge is 0.291 e. The summed E-state index contributed by atoms with van der Waals surface area (Å²) in [6, 6.07) is 7.01. The molecule has 1 heterocycles. The van der Waals surface area contributed by atoms with Crippen molar-refractivity contribution in [1.82, 2.24) is 4.98 Å². The summed E-state index contributed by atoms with van der Waals surface area (Å²) < 4.78 is 5.39. The Kier molecular flexibility index (Phi) is 2.81. The number of benzene rings is 1. The van der Waals surface area contributed by atoms with Crippen molar-refractivity contribution in [2.24, 2.45) is 0 Å². The third-order valence-corrected chi connectivity index (χ3v) is 3.46. The van der Waals surface area contributed by atoms with E-state index in [4.69, 9.17) is 21.7 Å². The Labute approximate surface area is 92.5 Å². The number of halogens is 1. The van der Waals surface area contributed by atoms with Crippen LogP contribution in [-0.4, -0.2) is 4.98 Å². The van der Waals surface area contributed by atoms with Gasteiger partial charge in [0.2, 0.25) is 4.80 Å². The first kappa shape index (κ1) is 9.64. The molecule has 0 radical (unpaired) electrons. The summed E-state index contributed by atoms with van der Waals surface area (Å²) in [6.07, 6.45) is 0. The lowest BCUT2D eigenvalue weighted by Crippen LogP contribution is -1.93. The van der Waals surface area contributed by atoms with Gasteiger partial charge in [-0.05, 0) is 44.9 Å². The van der Waals surface area contributed by atoms with Gasteiger partial charge in [0.05, 0.1) is 0 Å². The quantitative estimate of drug-likeness (QED) is 0.825. The van der Waals surface area contributed by atoms with Crippen molar-refractivity contribution in [3.8, 4) is 10.9 Å². The molecular weight excluding hydrogens is 240 g/mol. The second-order valence-corrected chi connectivity index (χ2v) is 4.91. The largest absolute Gasteiger partial charge is 0.430 e. The van der Waals surface area contributed by atoms with E-state index in [9.17, 15) is 0 Å². The summed E-state index contributed by atoms with van der Waals surface area (Å²) in [4.78, 5) is 4.14. The zero-order valence-electron chi connectivity index (χ0n) is 6.86. The van der Waals surface area contributed by atoms with Crippen molar-refractivity contribution in [2.45, 2.75) is 0 Å². The first-order valence-corrected chi connectivity index (χ1v) is 6.22. The van der Waals surface area contributed by atoms with Crippen LogP contribution < -0.4 is 9.54 Å². The van der Waals surface area contributed by atoms with E-state index in [-0.39, 0.29) is 4.80 Å². The van der Waals surface area contributed by atoms with E-state index < -0.39 is 0 Å². The van der Waals surface area contributed by atoms with Crippen LogP contribution in [0.2, 0.25) is 5.02 Å². The molecule has 0 saturated carbocycles. The second-order valence-electron chi connectivity index (χ2n) is 2.41. The fourth-order valence-electron chi connectivity index (χ4n) is 0.839. The Balaban J connectivity index is 2.19. The average molecular weight is 245 g/mol. The van der Waals surface area contributed by atoms with Gasteiger partial charge in [-0.25, -0.2) is 0 Å². The maximum atomic E-state index is 7.23. The molecule has 2 aromatic rings. The van der Waals surface area contributed by atoms with Crippen LogP contribution in [0.15, 0.2) is 24.3 Å². The molecule has 0 atom stereocenters. The highest BCUT2D eigenvalue weighted by molar-refractivity contribution is 7.68. The number of nitrogens with one attached hydrogen (secondary N) is 1. The molecule has 6 heteroatoms. The highest BCUT2D eigenvalue weighted by Crippen LogP contribution is 2.24. The van der Waals surface area contributed by atoms with Crippen LogP contribution in [0.4, 0.5) is 0 Å². The van der Waals surface area contributed by atoms with E-state index >= 15 is 0 Å². The van der Waals surface area contributed by atoms with Gasteiger partial charge >= 0.3 is 0 Å². The first-order valence-electron chi connectivity index (χ1n) is 3.69. The fourth-order valence-corrected chi connectivity index (χ4v) is 2.33. The van der Waals surface area contributed by atoms with Gasteiger partial charge in [-0.1, -0.05) is 11.6 Å². The fraction of sp³-hybridized carbons (Fsp3) is 0. The topological polar surface area (TPSA) is 46.0 Å². The monoisotopic (exact) mass is 244 g/mol. The molecular formula is C8H5ClN2OS2.